The highest BCUT2D eigenvalue weighted by atomic mass is 16.6. The summed E-state index contributed by atoms with van der Waals surface area (Å²) in [5, 5.41) is 19.7. The number of carbonyl (C=O) groups excluding carboxylic acids is 9. The lowest BCUT2D eigenvalue weighted by molar-refractivity contribution is -0.134. The van der Waals surface area contributed by atoms with Crippen LogP contribution in [0.3, 0.4) is 0 Å². The standard InChI is InChI=1S/C100H112N12O12/c1-95(2,3)122-92(119)104-58-28-25-55-98(101,82(113)61-76-73-37-19-22-40-79(73)110-86(76)67-31-13-10-14-32-67)89(116)107-70-49-43-64(44-50-70)85(65-45-51-71(52-46-65)108-90(117)99(102,56-26-29-59-105-93(120)123-96(4,5)6)83(114)62-77-74-38-20-23-41-80(74)111-87(77)68-33-15-11-16-34-68)66-47-53-72(54-48-66)109-91(118)100(103,57-27-30-60-106-94(121)124-97(7,8)9)84(115)63-78-75-39-21-24-42-81(75)112-88(78)69-35-17-12-18-36-69/h10-24,31-54,85,110-112H,25-30,55-63,101-103H2,1-9H3,(H,104,119)(H,105,120)(H,106,121)(H,107,116)(H,108,117)(H,109,118)/t98-,99-,100-/m1/s1. The fourth-order valence-electron chi connectivity index (χ4n) is 15.5. The number of anilines is 3. The lowest BCUT2D eigenvalue weighted by Gasteiger charge is -2.28. The molecule has 3 atom stereocenters. The summed E-state index contributed by atoms with van der Waals surface area (Å²) in [5.74, 6) is -4.47. The van der Waals surface area contributed by atoms with E-state index in [1.54, 1.807) is 98.7 Å². The third-order valence-electron chi connectivity index (χ3n) is 21.9. The van der Waals surface area contributed by atoms with Gasteiger partial charge in [-0.25, -0.2) is 14.4 Å². The molecular formula is C100H112N12O12. The number of aromatic nitrogens is 3. The van der Waals surface area contributed by atoms with Crippen LogP contribution in [0.4, 0.5) is 31.4 Å². The smallest absolute Gasteiger partial charge is 0.407 e. The summed E-state index contributed by atoms with van der Waals surface area (Å²) in [6, 6.07) is 72.9. The first-order valence-electron chi connectivity index (χ1n) is 42.2. The van der Waals surface area contributed by atoms with E-state index < -0.39 is 92.7 Å². The van der Waals surface area contributed by atoms with E-state index in [2.05, 4.69) is 46.9 Å². The highest BCUT2D eigenvalue weighted by Crippen LogP contribution is 2.39. The molecular weight excluding hydrogens is 1560 g/mol. The van der Waals surface area contributed by atoms with Crippen LogP contribution >= 0.6 is 0 Å². The van der Waals surface area contributed by atoms with Gasteiger partial charge in [0.1, 0.15) is 16.8 Å². The molecule has 9 aromatic carbocycles. The predicted molar refractivity (Wildman–Crippen MR) is 489 cm³/mol. The summed E-state index contributed by atoms with van der Waals surface area (Å²) >= 11 is 0. The third-order valence-corrected chi connectivity index (χ3v) is 21.9. The normalized spacial score (nSPS) is 13.2. The molecule has 0 radical (unpaired) electrons. The van der Waals surface area contributed by atoms with Gasteiger partial charge in [-0.05, 0) is 225 Å². The zero-order valence-electron chi connectivity index (χ0n) is 71.8. The maximum Gasteiger partial charge on any atom is 0.407 e. The van der Waals surface area contributed by atoms with Crippen LogP contribution in [-0.2, 0) is 62.2 Å². The molecule has 24 heteroatoms. The van der Waals surface area contributed by atoms with E-state index >= 15 is 28.8 Å². The van der Waals surface area contributed by atoms with Crippen molar-refractivity contribution in [1.29, 1.82) is 0 Å². The highest BCUT2D eigenvalue weighted by molar-refractivity contribution is 6.19. The third kappa shape index (κ3) is 22.7. The van der Waals surface area contributed by atoms with Crippen molar-refractivity contribution in [3.05, 3.63) is 270 Å². The molecule has 12 aromatic rings. The summed E-state index contributed by atoms with van der Waals surface area (Å²) in [6.07, 6.45) is -0.778. The Hall–Kier alpha value is -13.3. The fraction of sp³-hybridized carbons (Fsp3) is 0.310. The molecule has 0 aliphatic rings. The topological polar surface area (TPSA) is 379 Å². The van der Waals surface area contributed by atoms with Gasteiger partial charge in [-0.15, -0.1) is 0 Å². The molecule has 0 aliphatic carbocycles. The molecule has 0 unspecified atom stereocenters. The molecule has 0 fully saturated rings. The zero-order chi connectivity index (χ0) is 88.6. The van der Waals surface area contributed by atoms with Crippen LogP contribution in [0.15, 0.2) is 237 Å². The Kier molecular flexibility index (Phi) is 28.5. The number of nitrogens with one attached hydrogen (secondary N) is 9. The Morgan fingerprint density at radius 1 is 0.306 bits per heavy atom. The number of ether oxygens (including phenoxy) is 3. The molecule has 0 aliphatic heterocycles. The van der Waals surface area contributed by atoms with Gasteiger partial charge in [-0.1, -0.05) is 182 Å². The second-order valence-electron chi connectivity index (χ2n) is 34.7. The van der Waals surface area contributed by atoms with Crippen LogP contribution in [0.1, 0.15) is 159 Å². The largest absolute Gasteiger partial charge is 0.444 e. The zero-order valence-corrected chi connectivity index (χ0v) is 71.8. The van der Waals surface area contributed by atoms with Crippen LogP contribution in [0, 0.1) is 0 Å². The van der Waals surface area contributed by atoms with Crippen LogP contribution in [0.25, 0.3) is 66.5 Å². The summed E-state index contributed by atoms with van der Waals surface area (Å²) in [7, 11) is 0. The van der Waals surface area contributed by atoms with E-state index in [0.29, 0.717) is 86.8 Å². The maximum atomic E-state index is 15.2. The van der Waals surface area contributed by atoms with Crippen molar-refractivity contribution < 1.29 is 57.4 Å². The molecule has 3 heterocycles. The number of para-hydroxylation sites is 3. The molecule has 0 saturated heterocycles. The van der Waals surface area contributed by atoms with E-state index in [1.807, 2.05) is 200 Å². The lowest BCUT2D eigenvalue weighted by Crippen LogP contribution is -2.58. The van der Waals surface area contributed by atoms with E-state index in [-0.39, 0.29) is 77.4 Å². The van der Waals surface area contributed by atoms with Crippen molar-refractivity contribution in [2.75, 3.05) is 35.6 Å². The molecule has 124 heavy (non-hydrogen) atoms. The number of ketones is 3. The predicted octanol–water partition coefficient (Wildman–Crippen LogP) is 17.7. The average molecular weight is 1670 g/mol. The fourth-order valence-corrected chi connectivity index (χ4v) is 15.5. The first kappa shape index (κ1) is 90.0. The SMILES string of the molecule is CC(C)(C)OC(=O)NCCCC[C@@](N)(C(=O)Cc1c(-c2ccccc2)[nH]c2ccccc12)C(=O)Nc1ccc(C(c2ccc(NC(=O)[C@@](N)(CCCCNC(=O)OC(C)(C)C)C(=O)Cc3c(-c4ccccc4)[nH]c4ccccc34)cc2)c2ccc(NC(=O)[C@@](N)(CCCCNC(=O)OC(C)(C)C)C(=O)Cc3c(-c4ccccc4)[nH]c4ccccc34)cc2)cc1. The molecule has 0 bridgehead atoms. The van der Waals surface area contributed by atoms with Gasteiger partial charge in [0.25, 0.3) is 17.7 Å². The van der Waals surface area contributed by atoms with Gasteiger partial charge in [0, 0.05) is 94.6 Å². The van der Waals surface area contributed by atoms with Gasteiger partial charge in [0.05, 0.1) is 17.1 Å². The summed E-state index contributed by atoms with van der Waals surface area (Å²) in [4.78, 5) is 140. The Morgan fingerprint density at radius 3 is 0.782 bits per heavy atom. The number of hydrogen-bond donors (Lipinski definition) is 12. The summed E-state index contributed by atoms with van der Waals surface area (Å²) in [5.41, 5.74) is 25.4. The van der Waals surface area contributed by atoms with E-state index in [4.69, 9.17) is 31.4 Å². The average Bonchev–Trinajstić information content (AvgIpc) is 1.60. The van der Waals surface area contributed by atoms with E-state index in [9.17, 15) is 14.4 Å². The van der Waals surface area contributed by atoms with Crippen LogP contribution in [-0.4, -0.2) is 121 Å². The number of hydrogen-bond acceptors (Lipinski definition) is 15. The Labute approximate surface area is 722 Å². The monoisotopic (exact) mass is 1670 g/mol. The number of amides is 6. The second-order valence-corrected chi connectivity index (χ2v) is 34.7. The number of benzene rings is 9. The minimum Gasteiger partial charge on any atom is -0.444 e. The van der Waals surface area contributed by atoms with Gasteiger partial charge in [-0.3, -0.25) is 28.8 Å². The molecule has 15 N–H and O–H groups in total. The van der Waals surface area contributed by atoms with E-state index in [1.165, 1.54) is 0 Å². The Balaban J connectivity index is 0.858. The number of Topliss-reactive ketones (excluding diaryl/α,β-unsaturated/α-hetero) is 3. The number of unbranched alkanes of at least 4 members (excludes halogenated alkanes) is 3. The second kappa shape index (κ2) is 39.3. The van der Waals surface area contributed by atoms with Crippen molar-refractivity contribution in [1.82, 2.24) is 30.9 Å². The number of nitrogens with two attached hydrogens (primary N) is 3. The highest BCUT2D eigenvalue weighted by Gasteiger charge is 2.45. The van der Waals surface area contributed by atoms with Crippen LogP contribution in [0.5, 0.6) is 0 Å². The van der Waals surface area contributed by atoms with Crippen molar-refractivity contribution in [3.63, 3.8) is 0 Å². The first-order valence-corrected chi connectivity index (χ1v) is 42.2. The van der Waals surface area contributed by atoms with Gasteiger partial charge < -0.3 is 78.3 Å². The van der Waals surface area contributed by atoms with Crippen LogP contribution < -0.4 is 49.1 Å². The molecule has 12 rings (SSSR count). The first-order chi connectivity index (χ1) is 59.1. The van der Waals surface area contributed by atoms with Crippen molar-refractivity contribution in [2.24, 2.45) is 17.2 Å². The maximum absolute atomic E-state index is 15.2. The minimum atomic E-state index is -2.09. The van der Waals surface area contributed by atoms with Gasteiger partial charge in [0.2, 0.25) is 0 Å². The molecule has 3 aromatic heterocycles. The van der Waals surface area contributed by atoms with Crippen molar-refractivity contribution in [2.45, 2.75) is 179 Å². The molecule has 24 nitrogen and oxygen atoms in total. The van der Waals surface area contributed by atoms with Crippen LogP contribution in [0.2, 0.25) is 0 Å². The number of carbonyl (C=O) groups is 9. The summed E-state index contributed by atoms with van der Waals surface area (Å²) < 4.78 is 16.4. The number of rotatable bonds is 36. The van der Waals surface area contributed by atoms with Crippen molar-refractivity contribution >= 4 is 103 Å². The van der Waals surface area contributed by atoms with Gasteiger partial charge in [0.15, 0.2) is 34.0 Å². The van der Waals surface area contributed by atoms with Gasteiger partial charge in [-0.2, -0.15) is 0 Å². The molecule has 644 valence electrons. The number of alkyl carbamates (subject to hydrolysis) is 3. The quantitative estimate of drug-likeness (QED) is 0.00751. The minimum absolute atomic E-state index is 0.0830. The summed E-state index contributed by atoms with van der Waals surface area (Å²) in [6.45, 7) is 16.4. The lowest BCUT2D eigenvalue weighted by atomic mass is 9.83. The van der Waals surface area contributed by atoms with Gasteiger partial charge >= 0.3 is 18.3 Å². The Bertz CT molecular complexity index is 5230. The van der Waals surface area contributed by atoms with E-state index in [0.717, 1.165) is 49.4 Å². The number of H-pyrrole nitrogens is 3. The molecule has 0 saturated carbocycles. The Morgan fingerprint density at radius 2 is 0.540 bits per heavy atom. The van der Waals surface area contributed by atoms with Crippen molar-refractivity contribution in [3.8, 4) is 33.8 Å². The number of aromatic amines is 3. The number of fused-ring (bicyclic) bond motifs is 3. The molecule has 6 amide bonds. The molecule has 0 spiro atoms.